The van der Waals surface area contributed by atoms with Crippen molar-refractivity contribution in [1.82, 2.24) is 0 Å². The summed E-state index contributed by atoms with van der Waals surface area (Å²) in [5, 5.41) is 0. The van der Waals surface area contributed by atoms with Crippen LogP contribution in [-0.2, 0) is 9.53 Å². The Bertz CT molecular complexity index is 206. The van der Waals surface area contributed by atoms with Gasteiger partial charge in [0.15, 0.2) is 5.78 Å². The first-order chi connectivity index (χ1) is 5.69. The highest BCUT2D eigenvalue weighted by Gasteiger charge is 2.27. The van der Waals surface area contributed by atoms with Crippen LogP contribution in [0.2, 0.25) is 0 Å². The molecule has 0 N–H and O–H groups in total. The standard InChI is InChI=1S/C10H16O2/c1-4-8-6-9(11)7(3)10(5-2)12-8/h6-7,10H,4-5H2,1-3H3/t7-,10+/m1/s1. The highest BCUT2D eigenvalue weighted by molar-refractivity contribution is 5.92. The van der Waals surface area contributed by atoms with Crippen LogP contribution in [-0.4, -0.2) is 11.9 Å². The van der Waals surface area contributed by atoms with E-state index in [1.807, 2.05) is 20.8 Å². The number of carbonyl (C=O) groups is 1. The van der Waals surface area contributed by atoms with Crippen LogP contribution in [0.3, 0.4) is 0 Å². The number of allylic oxidation sites excluding steroid dienone is 2. The average molecular weight is 168 g/mol. The third kappa shape index (κ3) is 1.68. The Morgan fingerprint density at radius 3 is 2.67 bits per heavy atom. The molecule has 2 atom stereocenters. The molecule has 0 amide bonds. The van der Waals surface area contributed by atoms with Gasteiger partial charge in [-0.05, 0) is 6.42 Å². The second-order valence-corrected chi connectivity index (χ2v) is 3.22. The first-order valence-corrected chi connectivity index (χ1v) is 4.60. The monoisotopic (exact) mass is 168 g/mol. The Morgan fingerprint density at radius 2 is 2.17 bits per heavy atom. The lowest BCUT2D eigenvalue weighted by Crippen LogP contribution is -2.30. The molecule has 0 bridgehead atoms. The average Bonchev–Trinajstić information content (AvgIpc) is 2.09. The molecule has 1 rings (SSSR count). The molecular formula is C10H16O2. The van der Waals surface area contributed by atoms with E-state index in [1.54, 1.807) is 6.08 Å². The molecule has 12 heavy (non-hydrogen) atoms. The molecule has 0 fully saturated rings. The van der Waals surface area contributed by atoms with Gasteiger partial charge in [-0.3, -0.25) is 4.79 Å². The van der Waals surface area contributed by atoms with Crippen molar-refractivity contribution >= 4 is 5.78 Å². The molecule has 0 aromatic heterocycles. The minimum absolute atomic E-state index is 0.0327. The van der Waals surface area contributed by atoms with Gasteiger partial charge >= 0.3 is 0 Å². The van der Waals surface area contributed by atoms with Gasteiger partial charge < -0.3 is 4.74 Å². The van der Waals surface area contributed by atoms with Gasteiger partial charge in [0.25, 0.3) is 0 Å². The second kappa shape index (κ2) is 3.74. The molecule has 0 spiro atoms. The largest absolute Gasteiger partial charge is 0.494 e. The van der Waals surface area contributed by atoms with Gasteiger partial charge in [0.2, 0.25) is 0 Å². The van der Waals surface area contributed by atoms with Gasteiger partial charge in [0.05, 0.1) is 11.7 Å². The van der Waals surface area contributed by atoms with Crippen molar-refractivity contribution in [2.75, 3.05) is 0 Å². The highest BCUT2D eigenvalue weighted by Crippen LogP contribution is 2.23. The molecule has 68 valence electrons. The summed E-state index contributed by atoms with van der Waals surface area (Å²) in [6, 6.07) is 0. The predicted octanol–water partition coefficient (Wildman–Crippen LogP) is 2.29. The van der Waals surface area contributed by atoms with Gasteiger partial charge in [0, 0.05) is 12.5 Å². The summed E-state index contributed by atoms with van der Waals surface area (Å²) in [7, 11) is 0. The van der Waals surface area contributed by atoms with Crippen molar-refractivity contribution in [3.05, 3.63) is 11.8 Å². The van der Waals surface area contributed by atoms with Gasteiger partial charge in [0.1, 0.15) is 6.10 Å². The Morgan fingerprint density at radius 1 is 1.50 bits per heavy atom. The van der Waals surface area contributed by atoms with E-state index >= 15 is 0 Å². The fraction of sp³-hybridized carbons (Fsp3) is 0.700. The van der Waals surface area contributed by atoms with Crippen molar-refractivity contribution in [1.29, 1.82) is 0 Å². The molecular weight excluding hydrogens is 152 g/mol. The van der Waals surface area contributed by atoms with Gasteiger partial charge in [-0.1, -0.05) is 20.8 Å². The topological polar surface area (TPSA) is 26.3 Å². The summed E-state index contributed by atoms with van der Waals surface area (Å²) in [4.78, 5) is 11.4. The van der Waals surface area contributed by atoms with Crippen LogP contribution in [0.15, 0.2) is 11.8 Å². The summed E-state index contributed by atoms with van der Waals surface area (Å²) < 4.78 is 5.61. The SMILES string of the molecule is CCC1=CC(=O)[C@@H](C)[C@H](CC)O1. The highest BCUT2D eigenvalue weighted by atomic mass is 16.5. The zero-order valence-electron chi connectivity index (χ0n) is 7.96. The van der Waals surface area contributed by atoms with E-state index in [4.69, 9.17) is 4.74 Å². The molecule has 2 heteroatoms. The zero-order valence-corrected chi connectivity index (χ0v) is 7.96. The van der Waals surface area contributed by atoms with E-state index in [9.17, 15) is 4.79 Å². The Kier molecular flexibility index (Phi) is 2.90. The van der Waals surface area contributed by atoms with Crippen LogP contribution < -0.4 is 0 Å². The molecule has 0 aliphatic carbocycles. The van der Waals surface area contributed by atoms with Crippen LogP contribution in [0.4, 0.5) is 0 Å². The van der Waals surface area contributed by atoms with E-state index in [0.29, 0.717) is 0 Å². The van der Waals surface area contributed by atoms with Crippen molar-refractivity contribution in [3.63, 3.8) is 0 Å². The molecule has 0 aromatic rings. The maximum atomic E-state index is 11.4. The van der Waals surface area contributed by atoms with Gasteiger partial charge in [-0.15, -0.1) is 0 Å². The van der Waals surface area contributed by atoms with E-state index in [2.05, 4.69) is 0 Å². The first-order valence-electron chi connectivity index (χ1n) is 4.60. The molecule has 0 radical (unpaired) electrons. The van der Waals surface area contributed by atoms with Crippen LogP contribution in [0, 0.1) is 5.92 Å². The van der Waals surface area contributed by atoms with Crippen molar-refractivity contribution in [2.24, 2.45) is 5.92 Å². The number of rotatable bonds is 2. The number of ketones is 1. The molecule has 2 nitrogen and oxygen atoms in total. The lowest BCUT2D eigenvalue weighted by molar-refractivity contribution is -0.124. The Hall–Kier alpha value is -0.790. The van der Waals surface area contributed by atoms with Crippen LogP contribution >= 0.6 is 0 Å². The maximum Gasteiger partial charge on any atom is 0.165 e. The fourth-order valence-corrected chi connectivity index (χ4v) is 1.43. The molecule has 0 saturated heterocycles. The molecule has 0 saturated carbocycles. The van der Waals surface area contributed by atoms with Gasteiger partial charge in [-0.2, -0.15) is 0 Å². The summed E-state index contributed by atoms with van der Waals surface area (Å²) in [6.45, 7) is 5.98. The second-order valence-electron chi connectivity index (χ2n) is 3.22. The van der Waals surface area contributed by atoms with E-state index in [1.165, 1.54) is 0 Å². The van der Waals surface area contributed by atoms with E-state index in [-0.39, 0.29) is 17.8 Å². The van der Waals surface area contributed by atoms with Crippen LogP contribution in [0.5, 0.6) is 0 Å². The Labute approximate surface area is 73.6 Å². The van der Waals surface area contributed by atoms with Crippen molar-refractivity contribution in [3.8, 4) is 0 Å². The smallest absolute Gasteiger partial charge is 0.165 e. The quantitative estimate of drug-likeness (QED) is 0.632. The maximum absolute atomic E-state index is 11.4. The third-order valence-corrected chi connectivity index (χ3v) is 2.36. The zero-order chi connectivity index (χ0) is 9.14. The van der Waals surface area contributed by atoms with Crippen LogP contribution in [0.25, 0.3) is 0 Å². The van der Waals surface area contributed by atoms with Gasteiger partial charge in [-0.25, -0.2) is 0 Å². The molecule has 1 aliphatic rings. The summed E-state index contributed by atoms with van der Waals surface area (Å²) >= 11 is 0. The minimum Gasteiger partial charge on any atom is -0.494 e. The normalized spacial score (nSPS) is 29.6. The third-order valence-electron chi connectivity index (χ3n) is 2.36. The van der Waals surface area contributed by atoms with Crippen LogP contribution in [0.1, 0.15) is 33.6 Å². The van der Waals surface area contributed by atoms with Crippen molar-refractivity contribution in [2.45, 2.75) is 39.7 Å². The lowest BCUT2D eigenvalue weighted by atomic mass is 9.94. The van der Waals surface area contributed by atoms with E-state index < -0.39 is 0 Å². The molecule has 1 heterocycles. The molecule has 1 aliphatic heterocycles. The lowest BCUT2D eigenvalue weighted by Gasteiger charge is -2.27. The minimum atomic E-state index is 0.0327. The summed E-state index contributed by atoms with van der Waals surface area (Å²) in [5.74, 6) is 1.08. The van der Waals surface area contributed by atoms with E-state index in [0.717, 1.165) is 18.6 Å². The number of hydrogen-bond donors (Lipinski definition) is 0. The number of ether oxygens (including phenoxy) is 1. The fourth-order valence-electron chi connectivity index (χ4n) is 1.43. The van der Waals surface area contributed by atoms with Crippen molar-refractivity contribution < 1.29 is 9.53 Å². The Balaban J connectivity index is 2.75. The number of carbonyl (C=O) groups excluding carboxylic acids is 1. The molecule has 0 aromatic carbocycles. The predicted molar refractivity (Wildman–Crippen MR) is 47.7 cm³/mol. The molecule has 0 unspecified atom stereocenters. The first kappa shape index (κ1) is 9.30. The summed E-state index contributed by atoms with van der Waals surface area (Å²) in [5.41, 5.74) is 0. The summed E-state index contributed by atoms with van der Waals surface area (Å²) in [6.07, 6.45) is 3.45. The number of hydrogen-bond acceptors (Lipinski definition) is 2.